The third-order valence-corrected chi connectivity index (χ3v) is 6.42. The molecule has 0 aliphatic carbocycles. The summed E-state index contributed by atoms with van der Waals surface area (Å²) in [5, 5.41) is 3.50. The summed E-state index contributed by atoms with van der Waals surface area (Å²) in [6, 6.07) is 6.77. The lowest BCUT2D eigenvalue weighted by Crippen LogP contribution is -2.39. The molecule has 220 valence electrons. The number of anilines is 3. The normalized spacial score (nSPS) is 14.0. The SMILES string of the molecule is CCOC(=O)c1cnc2cc(OCC)c(N3CCCN(C(=O)OC(C)(C)C)CC3)cc2c1Nc1ccc(F)cc1F. The first-order valence-electron chi connectivity index (χ1n) is 13.7. The van der Waals surface area contributed by atoms with Crippen molar-refractivity contribution in [3.05, 3.63) is 53.7 Å². The standard InChI is InChI=1S/C30H36F2N4O5/c1-6-39-26-17-24-20(16-25(26)35-11-8-12-36(14-13-35)29(38)41-30(3,4)5)27(21(18-33-24)28(37)40-7-2)34-23-10-9-19(31)15-22(23)32/h9-10,15-18H,6-8,11-14H2,1-5H3,(H,33,34). The lowest BCUT2D eigenvalue weighted by atomic mass is 10.1. The summed E-state index contributed by atoms with van der Waals surface area (Å²) in [4.78, 5) is 33.9. The fraction of sp³-hybridized carbons (Fsp3) is 0.433. The minimum absolute atomic E-state index is 0.0114. The Bertz CT molecular complexity index is 1430. The number of nitrogens with one attached hydrogen (secondary N) is 1. The minimum atomic E-state index is -0.814. The van der Waals surface area contributed by atoms with E-state index >= 15 is 0 Å². The zero-order valence-electron chi connectivity index (χ0n) is 24.1. The number of hydrogen-bond acceptors (Lipinski definition) is 8. The van der Waals surface area contributed by atoms with Crippen LogP contribution in [-0.2, 0) is 9.47 Å². The van der Waals surface area contributed by atoms with Crippen LogP contribution in [0.5, 0.6) is 5.75 Å². The quantitative estimate of drug-likeness (QED) is 0.332. The van der Waals surface area contributed by atoms with Gasteiger partial charge in [-0.2, -0.15) is 0 Å². The Hall–Kier alpha value is -4.15. The van der Waals surface area contributed by atoms with Crippen LogP contribution in [0.2, 0.25) is 0 Å². The van der Waals surface area contributed by atoms with Gasteiger partial charge in [-0.25, -0.2) is 18.4 Å². The summed E-state index contributed by atoms with van der Waals surface area (Å²) in [6.07, 6.45) is 1.69. The number of ether oxygens (including phenoxy) is 3. The van der Waals surface area contributed by atoms with Crippen molar-refractivity contribution in [2.75, 3.05) is 49.6 Å². The fourth-order valence-electron chi connectivity index (χ4n) is 4.62. The first-order valence-corrected chi connectivity index (χ1v) is 13.7. The summed E-state index contributed by atoms with van der Waals surface area (Å²) in [5.41, 5.74) is 0.998. The predicted octanol–water partition coefficient (Wildman–Crippen LogP) is 6.28. The van der Waals surface area contributed by atoms with Gasteiger partial charge in [-0.15, -0.1) is 0 Å². The molecule has 1 aliphatic heterocycles. The number of rotatable bonds is 7. The molecule has 2 heterocycles. The number of esters is 1. The minimum Gasteiger partial charge on any atom is -0.492 e. The number of amides is 1. The van der Waals surface area contributed by atoms with E-state index in [9.17, 15) is 18.4 Å². The number of aromatic nitrogens is 1. The zero-order chi connectivity index (χ0) is 29.7. The molecule has 1 amide bonds. The Morgan fingerprint density at radius 3 is 2.49 bits per heavy atom. The van der Waals surface area contributed by atoms with Gasteiger partial charge in [0.1, 0.15) is 28.5 Å². The van der Waals surface area contributed by atoms with E-state index in [1.807, 2.05) is 33.8 Å². The van der Waals surface area contributed by atoms with Crippen molar-refractivity contribution in [2.24, 2.45) is 0 Å². The molecule has 41 heavy (non-hydrogen) atoms. The number of nitrogens with zero attached hydrogens (tertiary/aromatic N) is 3. The van der Waals surface area contributed by atoms with E-state index in [2.05, 4.69) is 15.2 Å². The van der Waals surface area contributed by atoms with Crippen molar-refractivity contribution < 1.29 is 32.6 Å². The second-order valence-corrected chi connectivity index (χ2v) is 10.6. The summed E-state index contributed by atoms with van der Waals surface area (Å²) in [5.74, 6) is -1.58. The number of carbonyl (C=O) groups is 2. The second kappa shape index (κ2) is 12.6. The largest absolute Gasteiger partial charge is 0.492 e. The molecule has 0 saturated carbocycles. The van der Waals surface area contributed by atoms with E-state index in [0.29, 0.717) is 55.9 Å². The highest BCUT2D eigenvalue weighted by Gasteiger charge is 2.27. The third kappa shape index (κ3) is 7.14. The van der Waals surface area contributed by atoms with Gasteiger partial charge in [0.15, 0.2) is 0 Å². The van der Waals surface area contributed by atoms with Gasteiger partial charge in [-0.1, -0.05) is 0 Å². The Morgan fingerprint density at radius 1 is 1.02 bits per heavy atom. The molecule has 0 radical (unpaired) electrons. The van der Waals surface area contributed by atoms with E-state index in [0.717, 1.165) is 17.8 Å². The van der Waals surface area contributed by atoms with Crippen LogP contribution < -0.4 is 15.0 Å². The van der Waals surface area contributed by atoms with Crippen LogP contribution in [0.15, 0.2) is 36.5 Å². The molecule has 4 rings (SSSR count). The van der Waals surface area contributed by atoms with Gasteiger partial charge in [0.2, 0.25) is 0 Å². The van der Waals surface area contributed by atoms with Crippen LogP contribution in [-0.4, -0.2) is 66.9 Å². The van der Waals surface area contributed by atoms with Crippen LogP contribution >= 0.6 is 0 Å². The highest BCUT2D eigenvalue weighted by atomic mass is 19.1. The van der Waals surface area contributed by atoms with Crippen LogP contribution in [0.3, 0.4) is 0 Å². The van der Waals surface area contributed by atoms with E-state index in [1.54, 1.807) is 17.9 Å². The van der Waals surface area contributed by atoms with Crippen molar-refractivity contribution in [2.45, 2.75) is 46.6 Å². The van der Waals surface area contributed by atoms with Gasteiger partial charge in [0, 0.05) is 49.9 Å². The Morgan fingerprint density at radius 2 is 1.80 bits per heavy atom. The molecule has 2 aromatic carbocycles. The van der Waals surface area contributed by atoms with Crippen LogP contribution in [0.25, 0.3) is 10.9 Å². The van der Waals surface area contributed by atoms with Gasteiger partial charge in [0.25, 0.3) is 0 Å². The first kappa shape index (κ1) is 29.8. The summed E-state index contributed by atoms with van der Waals surface area (Å²) >= 11 is 0. The van der Waals surface area contributed by atoms with Gasteiger partial charge < -0.3 is 29.3 Å². The Labute approximate surface area is 238 Å². The number of hydrogen-bond donors (Lipinski definition) is 1. The summed E-state index contributed by atoms with van der Waals surface area (Å²) in [7, 11) is 0. The summed E-state index contributed by atoms with van der Waals surface area (Å²) < 4.78 is 45.1. The number of pyridine rings is 1. The number of halogens is 2. The van der Waals surface area contributed by atoms with Crippen molar-refractivity contribution >= 4 is 40.0 Å². The zero-order valence-corrected chi connectivity index (χ0v) is 24.1. The van der Waals surface area contributed by atoms with Crippen molar-refractivity contribution in [1.29, 1.82) is 0 Å². The molecule has 1 fully saturated rings. The van der Waals surface area contributed by atoms with Gasteiger partial charge >= 0.3 is 12.1 Å². The van der Waals surface area contributed by atoms with Gasteiger partial charge in [0.05, 0.1) is 35.8 Å². The van der Waals surface area contributed by atoms with Gasteiger partial charge in [-0.05, 0) is 59.2 Å². The monoisotopic (exact) mass is 570 g/mol. The molecule has 9 nitrogen and oxygen atoms in total. The van der Waals surface area contributed by atoms with Crippen molar-refractivity contribution in [1.82, 2.24) is 9.88 Å². The van der Waals surface area contributed by atoms with E-state index in [4.69, 9.17) is 14.2 Å². The molecular formula is C30H36F2N4O5. The molecule has 11 heteroatoms. The predicted molar refractivity (Wildman–Crippen MR) is 153 cm³/mol. The first-order chi connectivity index (χ1) is 19.5. The molecule has 0 bridgehead atoms. The lowest BCUT2D eigenvalue weighted by molar-refractivity contribution is 0.0263. The van der Waals surface area contributed by atoms with E-state index in [1.165, 1.54) is 12.3 Å². The van der Waals surface area contributed by atoms with Gasteiger partial charge in [-0.3, -0.25) is 4.98 Å². The average molecular weight is 571 g/mol. The molecular weight excluding hydrogens is 534 g/mol. The molecule has 1 aliphatic rings. The Balaban J connectivity index is 1.78. The molecule has 1 N–H and O–H groups in total. The topological polar surface area (TPSA) is 93.2 Å². The average Bonchev–Trinajstić information content (AvgIpc) is 3.16. The lowest BCUT2D eigenvalue weighted by Gasteiger charge is -2.28. The highest BCUT2D eigenvalue weighted by molar-refractivity contribution is 6.07. The number of fused-ring (bicyclic) bond motifs is 1. The van der Waals surface area contributed by atoms with Crippen molar-refractivity contribution in [3.63, 3.8) is 0 Å². The number of benzene rings is 2. The Kier molecular flexibility index (Phi) is 9.14. The maximum absolute atomic E-state index is 14.7. The third-order valence-electron chi connectivity index (χ3n) is 6.42. The van der Waals surface area contributed by atoms with Crippen LogP contribution in [0.1, 0.15) is 51.4 Å². The van der Waals surface area contributed by atoms with E-state index in [-0.39, 0.29) is 29.6 Å². The van der Waals surface area contributed by atoms with E-state index < -0.39 is 23.2 Å². The van der Waals surface area contributed by atoms with Crippen LogP contribution in [0.4, 0.5) is 30.6 Å². The molecule has 1 saturated heterocycles. The molecule has 0 spiro atoms. The smallest absolute Gasteiger partial charge is 0.410 e. The van der Waals surface area contributed by atoms with Crippen molar-refractivity contribution in [3.8, 4) is 5.75 Å². The molecule has 1 aromatic heterocycles. The maximum atomic E-state index is 14.7. The molecule has 0 unspecified atom stereocenters. The highest BCUT2D eigenvalue weighted by Crippen LogP contribution is 2.39. The molecule has 0 atom stereocenters. The maximum Gasteiger partial charge on any atom is 0.410 e. The second-order valence-electron chi connectivity index (χ2n) is 10.6. The summed E-state index contributed by atoms with van der Waals surface area (Å²) in [6.45, 7) is 11.7. The fourth-order valence-corrected chi connectivity index (χ4v) is 4.62. The van der Waals surface area contributed by atoms with Crippen LogP contribution in [0, 0.1) is 11.6 Å². The molecule has 3 aromatic rings. The number of carbonyl (C=O) groups excluding carboxylic acids is 2.